The number of rotatable bonds is 3. The third-order valence-corrected chi connectivity index (χ3v) is 5.25. The number of thiazole rings is 1. The number of aromatic amines is 1. The Morgan fingerprint density at radius 3 is 2.50 bits per heavy atom. The molecule has 0 bridgehead atoms. The third kappa shape index (κ3) is 4.54. The van der Waals surface area contributed by atoms with Crippen molar-refractivity contribution in [1.82, 2.24) is 4.98 Å². The van der Waals surface area contributed by atoms with Crippen molar-refractivity contribution in [2.75, 3.05) is 0 Å². The molecule has 0 atom stereocenters. The summed E-state index contributed by atoms with van der Waals surface area (Å²) in [5, 5.41) is 8.98. The van der Waals surface area contributed by atoms with E-state index < -0.39 is 0 Å². The van der Waals surface area contributed by atoms with Crippen molar-refractivity contribution < 1.29 is 4.79 Å². The largest absolute Gasteiger partial charge is 0.313 e. The molecule has 0 aliphatic heterocycles. The van der Waals surface area contributed by atoms with Gasteiger partial charge in [0.1, 0.15) is 0 Å². The predicted octanol–water partition coefficient (Wildman–Crippen LogP) is 3.10. The van der Waals surface area contributed by atoms with Crippen LogP contribution in [-0.4, -0.2) is 10.8 Å². The van der Waals surface area contributed by atoms with Gasteiger partial charge in [0, 0.05) is 11.6 Å². The first-order valence-corrected chi connectivity index (χ1v) is 9.65. The van der Waals surface area contributed by atoms with Crippen molar-refractivity contribution in [2.24, 2.45) is 0 Å². The van der Waals surface area contributed by atoms with Gasteiger partial charge in [-0.1, -0.05) is 57.2 Å². The van der Waals surface area contributed by atoms with E-state index in [2.05, 4.69) is 31.8 Å². The fourth-order valence-corrected chi connectivity index (χ4v) is 3.60. The minimum absolute atomic E-state index is 0.0257. The van der Waals surface area contributed by atoms with E-state index in [-0.39, 0.29) is 16.8 Å². The molecule has 0 amide bonds. The van der Waals surface area contributed by atoms with E-state index in [1.807, 2.05) is 30.3 Å². The molecule has 0 spiro atoms. The molecule has 0 aliphatic rings. The van der Waals surface area contributed by atoms with Crippen LogP contribution in [0, 0.1) is 11.3 Å². The number of aromatic nitrogens is 1. The number of nitrogens with zero attached hydrogens (tertiary/aromatic N) is 1. The molecular weight excluding hydrogens is 368 g/mol. The van der Waals surface area contributed by atoms with Crippen LogP contribution in [0.1, 0.15) is 47.8 Å². The van der Waals surface area contributed by atoms with E-state index in [4.69, 9.17) is 5.26 Å². The molecule has 0 saturated heterocycles. The molecule has 0 saturated carbocycles. The molecule has 0 unspecified atom stereocenters. The summed E-state index contributed by atoms with van der Waals surface area (Å²) in [4.78, 5) is 27.4. The highest BCUT2D eigenvalue weighted by Crippen LogP contribution is 2.22. The Balaban J connectivity index is 1.92. The second kappa shape index (κ2) is 7.79. The Kier molecular flexibility index (Phi) is 5.43. The standard InChI is InChI=1S/C23H20N2O2S/c1-23(2,3)18-9-7-17(8-10-18)19(26)13-21-25-22(27)20(28-21)12-15-5-4-6-16(11-15)14-24/h4-13H,1-3H3,(H,25,27)/b20-12+,21-13+. The second-order valence-corrected chi connectivity index (χ2v) is 8.59. The topological polar surface area (TPSA) is 73.7 Å². The van der Waals surface area contributed by atoms with Crippen LogP contribution in [0.15, 0.2) is 53.3 Å². The summed E-state index contributed by atoms with van der Waals surface area (Å²) >= 11 is 1.22. The van der Waals surface area contributed by atoms with Gasteiger partial charge in [-0.25, -0.2) is 0 Å². The molecule has 28 heavy (non-hydrogen) atoms. The number of carbonyl (C=O) groups is 1. The Morgan fingerprint density at radius 2 is 1.86 bits per heavy atom. The van der Waals surface area contributed by atoms with E-state index in [1.165, 1.54) is 17.4 Å². The molecule has 3 aromatic rings. The predicted molar refractivity (Wildman–Crippen MR) is 113 cm³/mol. The summed E-state index contributed by atoms with van der Waals surface area (Å²) in [6.45, 7) is 6.37. The van der Waals surface area contributed by atoms with Crippen molar-refractivity contribution in [1.29, 1.82) is 5.26 Å². The zero-order valence-corrected chi connectivity index (χ0v) is 16.8. The number of nitriles is 1. The molecule has 2 aromatic carbocycles. The first-order valence-electron chi connectivity index (χ1n) is 8.84. The lowest BCUT2D eigenvalue weighted by Crippen LogP contribution is -2.20. The summed E-state index contributed by atoms with van der Waals surface area (Å²) in [5.74, 6) is -0.156. The highest BCUT2D eigenvalue weighted by Gasteiger charge is 2.13. The SMILES string of the molecule is CC(C)(C)c1ccc(C(=O)/C=c2\[nH]c(=O)/c(=C\c3cccc(C#N)c3)s2)cc1. The van der Waals surface area contributed by atoms with Gasteiger partial charge in [0.25, 0.3) is 5.56 Å². The molecule has 3 rings (SSSR count). The minimum atomic E-state index is -0.255. The van der Waals surface area contributed by atoms with E-state index >= 15 is 0 Å². The van der Waals surface area contributed by atoms with Gasteiger partial charge >= 0.3 is 0 Å². The number of ketones is 1. The number of H-pyrrole nitrogens is 1. The molecule has 0 aliphatic carbocycles. The second-order valence-electron chi connectivity index (χ2n) is 7.50. The minimum Gasteiger partial charge on any atom is -0.313 e. The zero-order valence-electron chi connectivity index (χ0n) is 15.9. The maximum atomic E-state index is 12.5. The number of carbonyl (C=O) groups excluding carboxylic acids is 1. The molecule has 5 heteroatoms. The highest BCUT2D eigenvalue weighted by molar-refractivity contribution is 7.07. The number of nitrogens with one attached hydrogen (secondary N) is 1. The van der Waals surface area contributed by atoms with Crippen molar-refractivity contribution >= 4 is 29.3 Å². The van der Waals surface area contributed by atoms with E-state index in [1.54, 1.807) is 24.3 Å². The number of benzene rings is 2. The van der Waals surface area contributed by atoms with Crippen LogP contribution in [0.5, 0.6) is 0 Å². The van der Waals surface area contributed by atoms with E-state index in [9.17, 15) is 9.59 Å². The van der Waals surface area contributed by atoms with Gasteiger partial charge < -0.3 is 4.98 Å². The van der Waals surface area contributed by atoms with Gasteiger partial charge in [0.05, 0.1) is 20.8 Å². The number of hydrogen-bond donors (Lipinski definition) is 1. The fraction of sp³-hybridized carbons (Fsp3) is 0.174. The quantitative estimate of drug-likeness (QED) is 0.701. The Morgan fingerprint density at radius 1 is 1.14 bits per heavy atom. The lowest BCUT2D eigenvalue weighted by molar-refractivity contribution is 0.106. The lowest BCUT2D eigenvalue weighted by atomic mass is 9.86. The van der Waals surface area contributed by atoms with Gasteiger partial charge in [0.2, 0.25) is 0 Å². The zero-order chi connectivity index (χ0) is 20.3. The van der Waals surface area contributed by atoms with Gasteiger partial charge in [-0.05, 0) is 34.8 Å². The van der Waals surface area contributed by atoms with Gasteiger partial charge in [-0.15, -0.1) is 11.3 Å². The smallest absolute Gasteiger partial charge is 0.266 e. The Bertz CT molecular complexity index is 1230. The fourth-order valence-electron chi connectivity index (χ4n) is 2.71. The first kappa shape index (κ1) is 19.5. The summed E-state index contributed by atoms with van der Waals surface area (Å²) in [7, 11) is 0. The summed E-state index contributed by atoms with van der Waals surface area (Å²) in [5.41, 5.74) is 2.80. The van der Waals surface area contributed by atoms with Gasteiger partial charge in [-0.3, -0.25) is 9.59 Å². The maximum Gasteiger partial charge on any atom is 0.266 e. The highest BCUT2D eigenvalue weighted by atomic mass is 32.1. The van der Waals surface area contributed by atoms with Gasteiger partial charge in [0.15, 0.2) is 5.78 Å². The molecule has 1 N–H and O–H groups in total. The average Bonchev–Trinajstić information content (AvgIpc) is 3.00. The first-order chi connectivity index (χ1) is 13.3. The van der Waals surface area contributed by atoms with Crippen LogP contribution in [0.3, 0.4) is 0 Å². The molecule has 0 radical (unpaired) electrons. The summed E-state index contributed by atoms with van der Waals surface area (Å²) < 4.78 is 0.981. The van der Waals surface area contributed by atoms with Crippen LogP contribution in [0.4, 0.5) is 0 Å². The van der Waals surface area contributed by atoms with Crippen LogP contribution < -0.4 is 14.8 Å². The van der Waals surface area contributed by atoms with Crippen LogP contribution in [0.2, 0.25) is 0 Å². The number of hydrogen-bond acceptors (Lipinski definition) is 4. The summed E-state index contributed by atoms with van der Waals surface area (Å²) in [6, 6.07) is 16.6. The molecule has 1 heterocycles. The monoisotopic (exact) mass is 388 g/mol. The van der Waals surface area contributed by atoms with Crippen molar-refractivity contribution in [3.63, 3.8) is 0 Å². The van der Waals surface area contributed by atoms with E-state index in [0.717, 1.165) is 11.1 Å². The van der Waals surface area contributed by atoms with Crippen molar-refractivity contribution in [3.05, 3.63) is 90.3 Å². The van der Waals surface area contributed by atoms with Crippen molar-refractivity contribution in [2.45, 2.75) is 26.2 Å². The Hall–Kier alpha value is -3.23. The molecule has 140 valence electrons. The third-order valence-electron chi connectivity index (χ3n) is 4.29. The maximum absolute atomic E-state index is 12.5. The average molecular weight is 388 g/mol. The molecular formula is C23H20N2O2S. The van der Waals surface area contributed by atoms with Crippen LogP contribution in [-0.2, 0) is 5.41 Å². The molecule has 0 fully saturated rings. The Labute approximate surface area is 167 Å². The molecule has 4 nitrogen and oxygen atoms in total. The van der Waals surface area contributed by atoms with Crippen molar-refractivity contribution in [3.8, 4) is 6.07 Å². The lowest BCUT2D eigenvalue weighted by Gasteiger charge is -2.18. The number of Topliss-reactive ketones (excluding diaryl/α,β-unsaturated/α-hetero) is 1. The van der Waals surface area contributed by atoms with Crippen LogP contribution in [0.25, 0.3) is 12.2 Å². The van der Waals surface area contributed by atoms with Gasteiger partial charge in [-0.2, -0.15) is 5.26 Å². The summed E-state index contributed by atoms with van der Waals surface area (Å²) in [6.07, 6.45) is 3.16. The molecule has 1 aromatic heterocycles. The van der Waals surface area contributed by atoms with Crippen LogP contribution >= 0.6 is 11.3 Å². The van der Waals surface area contributed by atoms with E-state index in [0.29, 0.717) is 20.3 Å². The normalized spacial score (nSPS) is 12.8.